The second kappa shape index (κ2) is 7.20. The van der Waals surface area contributed by atoms with Gasteiger partial charge in [0.15, 0.2) is 12.5 Å². The molecule has 2 fully saturated rings. The Bertz CT molecular complexity index is 581. The number of benzene rings is 1. The molecular weight excluding hydrogens is 298 g/mol. The number of aldehydes is 1. The molecule has 2 aliphatic rings. The molecule has 1 aromatic rings. The van der Waals surface area contributed by atoms with Crippen molar-refractivity contribution in [2.45, 2.75) is 57.9 Å². The monoisotopic (exact) mass is 327 g/mol. The van der Waals surface area contributed by atoms with Crippen molar-refractivity contribution in [2.75, 3.05) is 6.54 Å². The number of fused-ring (bicyclic) bond motifs is 1. The average molecular weight is 327 g/mol. The molecule has 0 bridgehead atoms. The van der Waals surface area contributed by atoms with E-state index in [0.29, 0.717) is 11.8 Å². The fourth-order valence-corrected chi connectivity index (χ4v) is 4.39. The molecule has 3 rings (SSSR count). The Morgan fingerprint density at radius 2 is 2.00 bits per heavy atom. The summed E-state index contributed by atoms with van der Waals surface area (Å²) >= 11 is 0. The van der Waals surface area contributed by atoms with Gasteiger partial charge in [-0.2, -0.15) is 0 Å². The number of hydrogen-bond donors (Lipinski definition) is 0. The molecule has 1 aliphatic heterocycles. The molecule has 1 aliphatic carbocycles. The molecule has 0 amide bonds. The second-order valence-corrected chi connectivity index (χ2v) is 7.84. The van der Waals surface area contributed by atoms with Crippen LogP contribution in [0.4, 0.5) is 0 Å². The Morgan fingerprint density at radius 1 is 1.25 bits per heavy atom. The molecule has 3 heteroatoms. The highest BCUT2D eigenvalue weighted by atomic mass is 16.5. The zero-order chi connectivity index (χ0) is 17.2. The van der Waals surface area contributed by atoms with Crippen LogP contribution in [-0.2, 0) is 9.53 Å². The first-order valence-electron chi connectivity index (χ1n) is 9.11. The maximum atomic E-state index is 11.7. The van der Waals surface area contributed by atoms with E-state index >= 15 is 0 Å². The van der Waals surface area contributed by atoms with Gasteiger partial charge in [-0.05, 0) is 38.2 Å². The molecule has 1 aromatic carbocycles. The minimum Gasteiger partial charge on any atom is -0.352 e. The van der Waals surface area contributed by atoms with Gasteiger partial charge in [-0.3, -0.25) is 9.69 Å². The normalized spacial score (nSPS) is 33.3. The summed E-state index contributed by atoms with van der Waals surface area (Å²) in [4.78, 5) is 13.9. The summed E-state index contributed by atoms with van der Waals surface area (Å²) in [6, 6.07) is 10.3. The Labute approximate surface area is 145 Å². The molecule has 0 aromatic heterocycles. The zero-order valence-corrected chi connectivity index (χ0v) is 15.0. The highest BCUT2D eigenvalue weighted by molar-refractivity contribution is 5.56. The molecule has 1 heterocycles. The van der Waals surface area contributed by atoms with Crippen molar-refractivity contribution in [3.05, 3.63) is 42.0 Å². The van der Waals surface area contributed by atoms with Gasteiger partial charge in [0.2, 0.25) is 0 Å². The Balaban J connectivity index is 1.75. The van der Waals surface area contributed by atoms with Gasteiger partial charge in [0.25, 0.3) is 0 Å². The zero-order valence-electron chi connectivity index (χ0n) is 15.0. The van der Waals surface area contributed by atoms with E-state index in [2.05, 4.69) is 50.0 Å². The van der Waals surface area contributed by atoms with Crippen molar-refractivity contribution in [3.63, 3.8) is 0 Å². The predicted octanol–water partition coefficient (Wildman–Crippen LogP) is 4.14. The first-order valence-corrected chi connectivity index (χ1v) is 9.11. The van der Waals surface area contributed by atoms with Gasteiger partial charge < -0.3 is 4.74 Å². The van der Waals surface area contributed by atoms with Gasteiger partial charge in [0.1, 0.15) is 0 Å². The first kappa shape index (κ1) is 17.4. The van der Waals surface area contributed by atoms with E-state index in [0.717, 1.165) is 19.3 Å². The van der Waals surface area contributed by atoms with E-state index in [1.54, 1.807) is 0 Å². The second-order valence-electron chi connectivity index (χ2n) is 7.84. The standard InChI is InChI=1S/C21H29NO2/c1-16-11-12-18-19(14-16)24-20(15-23)22(21(18,2)3)13-7-10-17-8-5-4-6-9-17/h4-10,15-16,18-20H,11-14H2,1-3H3/b10-7+/t16-,18-,19-,20+/m1/s1. The summed E-state index contributed by atoms with van der Waals surface area (Å²) in [6.45, 7) is 7.56. The Morgan fingerprint density at radius 3 is 2.71 bits per heavy atom. The van der Waals surface area contributed by atoms with Crippen LogP contribution in [0.2, 0.25) is 0 Å². The Hall–Kier alpha value is -1.45. The highest BCUT2D eigenvalue weighted by Crippen LogP contribution is 2.44. The fraction of sp³-hybridized carbons (Fsp3) is 0.571. The van der Waals surface area contributed by atoms with Crippen LogP contribution in [0.5, 0.6) is 0 Å². The van der Waals surface area contributed by atoms with E-state index < -0.39 is 6.23 Å². The van der Waals surface area contributed by atoms with Crippen LogP contribution in [0.15, 0.2) is 36.4 Å². The molecule has 1 saturated heterocycles. The molecular formula is C21H29NO2. The van der Waals surface area contributed by atoms with Gasteiger partial charge in [-0.1, -0.05) is 55.8 Å². The lowest BCUT2D eigenvalue weighted by molar-refractivity contribution is -0.219. The van der Waals surface area contributed by atoms with Gasteiger partial charge in [0.05, 0.1) is 6.10 Å². The Kier molecular flexibility index (Phi) is 5.21. The van der Waals surface area contributed by atoms with E-state index in [4.69, 9.17) is 4.74 Å². The summed E-state index contributed by atoms with van der Waals surface area (Å²) in [7, 11) is 0. The van der Waals surface area contributed by atoms with E-state index in [-0.39, 0.29) is 11.6 Å². The van der Waals surface area contributed by atoms with Gasteiger partial charge >= 0.3 is 0 Å². The minimum absolute atomic E-state index is 0.0321. The van der Waals surface area contributed by atoms with Gasteiger partial charge in [-0.15, -0.1) is 0 Å². The van der Waals surface area contributed by atoms with Crippen LogP contribution in [0.1, 0.15) is 45.6 Å². The van der Waals surface area contributed by atoms with Gasteiger partial charge in [-0.25, -0.2) is 0 Å². The minimum atomic E-state index is -0.438. The molecule has 0 spiro atoms. The number of carbonyl (C=O) groups excluding carboxylic acids is 1. The van der Waals surface area contributed by atoms with Crippen LogP contribution >= 0.6 is 0 Å². The summed E-state index contributed by atoms with van der Waals surface area (Å²) in [6.07, 6.45) is 8.52. The van der Waals surface area contributed by atoms with Crippen LogP contribution in [-0.4, -0.2) is 35.6 Å². The number of carbonyl (C=O) groups is 1. The van der Waals surface area contributed by atoms with E-state index in [9.17, 15) is 4.79 Å². The number of rotatable bonds is 4. The largest absolute Gasteiger partial charge is 0.352 e. The predicted molar refractivity (Wildman–Crippen MR) is 97.5 cm³/mol. The summed E-state index contributed by atoms with van der Waals surface area (Å²) < 4.78 is 6.18. The van der Waals surface area contributed by atoms with Crippen molar-refractivity contribution in [1.29, 1.82) is 0 Å². The van der Waals surface area contributed by atoms with Crippen LogP contribution in [0.3, 0.4) is 0 Å². The quantitative estimate of drug-likeness (QED) is 0.778. The molecule has 4 atom stereocenters. The molecule has 0 N–H and O–H groups in total. The van der Waals surface area contributed by atoms with Crippen molar-refractivity contribution in [3.8, 4) is 0 Å². The molecule has 130 valence electrons. The van der Waals surface area contributed by atoms with E-state index in [1.165, 1.54) is 18.4 Å². The molecule has 24 heavy (non-hydrogen) atoms. The van der Waals surface area contributed by atoms with Crippen LogP contribution < -0.4 is 0 Å². The van der Waals surface area contributed by atoms with E-state index in [1.807, 2.05) is 18.2 Å². The molecule has 3 nitrogen and oxygen atoms in total. The number of nitrogens with zero attached hydrogens (tertiary/aromatic N) is 1. The van der Waals surface area contributed by atoms with Crippen molar-refractivity contribution >= 4 is 12.4 Å². The van der Waals surface area contributed by atoms with Crippen LogP contribution in [0, 0.1) is 11.8 Å². The maximum absolute atomic E-state index is 11.7. The lowest BCUT2D eigenvalue weighted by atomic mass is 9.70. The third kappa shape index (κ3) is 3.47. The lowest BCUT2D eigenvalue weighted by Gasteiger charge is -2.56. The molecule has 0 radical (unpaired) electrons. The van der Waals surface area contributed by atoms with Crippen LogP contribution in [0.25, 0.3) is 6.08 Å². The summed E-state index contributed by atoms with van der Waals surface area (Å²) in [5.74, 6) is 1.19. The first-order chi connectivity index (χ1) is 11.5. The SMILES string of the molecule is C[C@@H]1CC[C@@H]2[C@@H](C1)O[C@@H](C=O)N(C/C=C/c1ccccc1)C2(C)C. The van der Waals surface area contributed by atoms with Gasteiger partial charge in [0, 0.05) is 18.0 Å². The highest BCUT2D eigenvalue weighted by Gasteiger charge is 2.50. The van der Waals surface area contributed by atoms with Crippen molar-refractivity contribution < 1.29 is 9.53 Å². The molecule has 1 saturated carbocycles. The smallest absolute Gasteiger partial charge is 0.168 e. The maximum Gasteiger partial charge on any atom is 0.168 e. The van der Waals surface area contributed by atoms with Crippen molar-refractivity contribution in [1.82, 2.24) is 4.90 Å². The topological polar surface area (TPSA) is 29.5 Å². The number of hydrogen-bond acceptors (Lipinski definition) is 3. The summed E-state index contributed by atoms with van der Waals surface area (Å²) in [5.41, 5.74) is 1.15. The third-order valence-corrected chi connectivity index (χ3v) is 5.85. The fourth-order valence-electron chi connectivity index (χ4n) is 4.39. The average Bonchev–Trinajstić information content (AvgIpc) is 2.57. The molecule has 0 unspecified atom stereocenters. The summed E-state index contributed by atoms with van der Waals surface area (Å²) in [5, 5.41) is 0. The number of ether oxygens (including phenoxy) is 1. The lowest BCUT2D eigenvalue weighted by Crippen LogP contribution is -2.65. The van der Waals surface area contributed by atoms with Crippen molar-refractivity contribution in [2.24, 2.45) is 11.8 Å². The third-order valence-electron chi connectivity index (χ3n) is 5.85.